The van der Waals surface area contributed by atoms with E-state index in [-0.39, 0.29) is 28.8 Å². The maximum absolute atomic E-state index is 14.1. The van der Waals surface area contributed by atoms with Gasteiger partial charge in [0.15, 0.2) is 11.5 Å². The highest BCUT2D eigenvalue weighted by Crippen LogP contribution is 2.32. The van der Waals surface area contributed by atoms with Crippen LogP contribution >= 0.6 is 11.6 Å². The lowest BCUT2D eigenvalue weighted by atomic mass is 10.1. The van der Waals surface area contributed by atoms with E-state index in [9.17, 15) is 18.0 Å². The van der Waals surface area contributed by atoms with E-state index in [0.717, 1.165) is 10.7 Å². The van der Waals surface area contributed by atoms with Crippen molar-refractivity contribution in [2.45, 2.75) is 37.8 Å². The van der Waals surface area contributed by atoms with E-state index in [0.29, 0.717) is 28.6 Å². The third-order valence-electron chi connectivity index (χ3n) is 6.54. The number of anilines is 1. The number of nitrogens with zero attached hydrogens (tertiary/aromatic N) is 2. The van der Waals surface area contributed by atoms with E-state index in [2.05, 4.69) is 5.32 Å². The van der Waals surface area contributed by atoms with Gasteiger partial charge in [0.25, 0.3) is 10.0 Å². The first-order valence-corrected chi connectivity index (χ1v) is 15.1. The van der Waals surface area contributed by atoms with E-state index in [1.165, 1.54) is 68.7 Å². The van der Waals surface area contributed by atoms with Crippen LogP contribution in [0.4, 0.5) is 5.69 Å². The molecule has 0 aliphatic heterocycles. The first kappa shape index (κ1) is 32.6. The van der Waals surface area contributed by atoms with E-state index in [1.807, 2.05) is 6.92 Å². The summed E-state index contributed by atoms with van der Waals surface area (Å²) in [6.45, 7) is 3.43. The zero-order valence-electron chi connectivity index (χ0n) is 24.3. The van der Waals surface area contributed by atoms with Crippen LogP contribution in [-0.2, 0) is 26.2 Å². The van der Waals surface area contributed by atoms with Gasteiger partial charge in [-0.15, -0.1) is 0 Å². The fourth-order valence-electron chi connectivity index (χ4n) is 4.19. The first-order valence-electron chi connectivity index (χ1n) is 13.3. The largest absolute Gasteiger partial charge is 0.497 e. The van der Waals surface area contributed by atoms with Crippen LogP contribution in [0.3, 0.4) is 0 Å². The third kappa shape index (κ3) is 7.86. The monoisotopic (exact) mass is 617 g/mol. The number of nitrogens with one attached hydrogen (secondary N) is 1. The summed E-state index contributed by atoms with van der Waals surface area (Å²) >= 11 is 6.08. The Bertz CT molecular complexity index is 1480. The Morgan fingerprint density at radius 1 is 0.929 bits per heavy atom. The van der Waals surface area contributed by atoms with E-state index in [1.54, 1.807) is 31.2 Å². The summed E-state index contributed by atoms with van der Waals surface area (Å²) in [5, 5.41) is 3.21. The summed E-state index contributed by atoms with van der Waals surface area (Å²) in [6.07, 6.45) is 0.718. The van der Waals surface area contributed by atoms with Crippen LogP contribution in [0.25, 0.3) is 0 Å². The fourth-order valence-corrected chi connectivity index (χ4v) is 5.74. The molecule has 0 unspecified atom stereocenters. The topological polar surface area (TPSA) is 114 Å². The minimum atomic E-state index is -4.31. The summed E-state index contributed by atoms with van der Waals surface area (Å²) in [5.41, 5.74) is 0.922. The van der Waals surface area contributed by atoms with Crippen molar-refractivity contribution in [3.05, 3.63) is 77.3 Å². The van der Waals surface area contributed by atoms with Gasteiger partial charge in [0, 0.05) is 24.2 Å². The molecule has 0 fully saturated rings. The molecule has 0 bridgehead atoms. The second-order valence-electron chi connectivity index (χ2n) is 9.35. The molecule has 0 saturated heterocycles. The molecule has 10 nitrogen and oxygen atoms in total. The lowest BCUT2D eigenvalue weighted by Gasteiger charge is -2.32. The van der Waals surface area contributed by atoms with Crippen molar-refractivity contribution in [1.29, 1.82) is 0 Å². The lowest BCUT2D eigenvalue weighted by molar-refractivity contribution is -0.139. The second-order valence-corrected chi connectivity index (χ2v) is 11.6. The van der Waals surface area contributed by atoms with Gasteiger partial charge in [-0.3, -0.25) is 13.9 Å². The normalized spacial score (nSPS) is 11.8. The van der Waals surface area contributed by atoms with Crippen LogP contribution in [0.2, 0.25) is 5.02 Å². The number of carbonyl (C=O) groups is 2. The number of sulfonamides is 1. The average Bonchev–Trinajstić information content (AvgIpc) is 3.00. The van der Waals surface area contributed by atoms with Gasteiger partial charge >= 0.3 is 0 Å². The Labute approximate surface area is 252 Å². The van der Waals surface area contributed by atoms with Gasteiger partial charge in [0.05, 0.1) is 31.9 Å². The van der Waals surface area contributed by atoms with Gasteiger partial charge in [0.1, 0.15) is 18.3 Å². The summed E-state index contributed by atoms with van der Waals surface area (Å²) in [6, 6.07) is 16.5. The zero-order valence-corrected chi connectivity index (χ0v) is 25.9. The van der Waals surface area contributed by atoms with Crippen molar-refractivity contribution in [3.63, 3.8) is 0 Å². The molecule has 0 aliphatic rings. The highest BCUT2D eigenvalue weighted by atomic mass is 35.5. The number of benzene rings is 3. The zero-order chi connectivity index (χ0) is 30.9. The van der Waals surface area contributed by atoms with Crippen molar-refractivity contribution in [3.8, 4) is 17.2 Å². The van der Waals surface area contributed by atoms with Crippen molar-refractivity contribution < 1.29 is 32.2 Å². The van der Waals surface area contributed by atoms with Gasteiger partial charge in [-0.2, -0.15) is 0 Å². The summed E-state index contributed by atoms with van der Waals surface area (Å²) in [4.78, 5) is 28.3. The Balaban J connectivity index is 2.06. The van der Waals surface area contributed by atoms with Gasteiger partial charge in [-0.05, 0) is 67.4 Å². The van der Waals surface area contributed by atoms with Gasteiger partial charge in [-0.25, -0.2) is 8.42 Å². The predicted molar refractivity (Wildman–Crippen MR) is 162 cm³/mol. The Morgan fingerprint density at radius 3 is 2.24 bits per heavy atom. The van der Waals surface area contributed by atoms with E-state index in [4.69, 9.17) is 25.8 Å². The van der Waals surface area contributed by atoms with Gasteiger partial charge in [-0.1, -0.05) is 30.7 Å². The SMILES string of the molecule is CCCNC(=O)[C@H](C)N(Cc1cccc(OC)c1)C(=O)CN(c1ccc(Cl)cc1)S(=O)(=O)c1ccc(OC)c(OC)c1. The molecule has 1 N–H and O–H groups in total. The molecule has 12 heteroatoms. The molecule has 0 spiro atoms. The molecule has 0 radical (unpaired) electrons. The van der Waals surface area contributed by atoms with Crippen molar-refractivity contribution in [2.75, 3.05) is 38.7 Å². The molecule has 3 rings (SSSR count). The number of halogens is 1. The standard InChI is InChI=1S/C30H36ClN3O7S/c1-6-16-32-30(36)21(2)33(19-22-8-7-9-25(17-22)39-3)29(35)20-34(24-12-10-23(31)11-13-24)42(37,38)26-14-15-27(40-4)28(18-26)41-5/h7-15,17-18,21H,6,16,19-20H2,1-5H3,(H,32,36)/t21-/m0/s1. The van der Waals surface area contributed by atoms with Crippen LogP contribution in [-0.4, -0.2) is 65.6 Å². The molecular formula is C30H36ClN3O7S. The highest BCUT2D eigenvalue weighted by molar-refractivity contribution is 7.92. The molecule has 42 heavy (non-hydrogen) atoms. The maximum Gasteiger partial charge on any atom is 0.264 e. The third-order valence-corrected chi connectivity index (χ3v) is 8.56. The number of hydrogen-bond acceptors (Lipinski definition) is 7. The van der Waals surface area contributed by atoms with Crippen molar-refractivity contribution in [1.82, 2.24) is 10.2 Å². The second kappa shape index (κ2) is 14.8. The minimum absolute atomic E-state index is 0.0433. The summed E-state index contributed by atoms with van der Waals surface area (Å²) in [7, 11) is 0.0663. The lowest BCUT2D eigenvalue weighted by Crippen LogP contribution is -2.51. The van der Waals surface area contributed by atoms with Crippen LogP contribution in [0.15, 0.2) is 71.6 Å². The molecular weight excluding hydrogens is 582 g/mol. The van der Waals surface area contributed by atoms with Gasteiger partial charge in [0.2, 0.25) is 11.8 Å². The molecule has 0 heterocycles. The molecule has 1 atom stereocenters. The number of carbonyl (C=O) groups excluding carboxylic acids is 2. The number of ether oxygens (including phenoxy) is 3. The van der Waals surface area contributed by atoms with Crippen molar-refractivity contribution in [2.24, 2.45) is 0 Å². The van der Waals surface area contributed by atoms with E-state index < -0.39 is 28.5 Å². The Hall–Kier alpha value is -3.96. The molecule has 0 saturated carbocycles. The number of rotatable bonds is 14. The number of hydrogen-bond donors (Lipinski definition) is 1. The van der Waals surface area contributed by atoms with Crippen LogP contribution in [0.5, 0.6) is 17.2 Å². The van der Waals surface area contributed by atoms with Crippen molar-refractivity contribution >= 4 is 39.1 Å². The Morgan fingerprint density at radius 2 is 1.62 bits per heavy atom. The quantitative estimate of drug-likeness (QED) is 0.283. The first-order chi connectivity index (χ1) is 20.0. The fraction of sp³-hybridized carbons (Fsp3) is 0.333. The van der Waals surface area contributed by atoms with E-state index >= 15 is 0 Å². The number of amides is 2. The maximum atomic E-state index is 14.1. The summed E-state index contributed by atoms with van der Waals surface area (Å²) < 4.78 is 45.0. The highest BCUT2D eigenvalue weighted by Gasteiger charge is 2.33. The molecule has 0 aliphatic carbocycles. The molecule has 2 amide bonds. The molecule has 3 aromatic rings. The Kier molecular flexibility index (Phi) is 11.5. The van der Waals surface area contributed by atoms with Crippen LogP contribution in [0.1, 0.15) is 25.8 Å². The minimum Gasteiger partial charge on any atom is -0.497 e. The molecule has 0 aromatic heterocycles. The number of methoxy groups -OCH3 is 3. The van der Waals surface area contributed by atoms with Gasteiger partial charge < -0.3 is 24.4 Å². The molecule has 3 aromatic carbocycles. The summed E-state index contributed by atoms with van der Waals surface area (Å²) in [5.74, 6) is 0.204. The molecule has 226 valence electrons. The average molecular weight is 618 g/mol. The van der Waals surface area contributed by atoms with Crippen LogP contribution in [0, 0.1) is 0 Å². The smallest absolute Gasteiger partial charge is 0.264 e. The van der Waals surface area contributed by atoms with Crippen LogP contribution < -0.4 is 23.8 Å². The predicted octanol–water partition coefficient (Wildman–Crippen LogP) is 4.50.